The molecule has 0 spiro atoms. The SMILES string of the molecule is COC(=O)CC(NC(=O)C1CCN(C(=O)C=Cc2cc3ccsc3c(Cl)c2Cl)CC1)c1ccc(O)cc1. The van der Waals surface area contributed by atoms with Gasteiger partial charge in [0.1, 0.15) is 5.75 Å². The van der Waals surface area contributed by atoms with Crippen LogP contribution in [0.3, 0.4) is 0 Å². The number of piperidine rings is 1. The molecule has 7 nitrogen and oxygen atoms in total. The topological polar surface area (TPSA) is 95.9 Å². The molecule has 1 unspecified atom stereocenters. The number of benzene rings is 2. The van der Waals surface area contributed by atoms with Crippen LogP contribution < -0.4 is 5.32 Å². The number of halogens is 2. The minimum Gasteiger partial charge on any atom is -0.508 e. The van der Waals surface area contributed by atoms with Gasteiger partial charge in [0.05, 0.1) is 34.3 Å². The number of phenols is 1. The lowest BCUT2D eigenvalue weighted by molar-refractivity contribution is -0.141. The maximum absolute atomic E-state index is 13.0. The fraction of sp³-hybridized carbons (Fsp3) is 0.296. The van der Waals surface area contributed by atoms with Gasteiger partial charge < -0.3 is 20.1 Å². The maximum Gasteiger partial charge on any atom is 0.307 e. The van der Waals surface area contributed by atoms with Gasteiger partial charge in [-0.05, 0) is 65.1 Å². The number of fused-ring (bicyclic) bond motifs is 1. The molecule has 0 radical (unpaired) electrons. The first-order chi connectivity index (χ1) is 17.8. The summed E-state index contributed by atoms with van der Waals surface area (Å²) in [6.07, 6.45) is 4.12. The van der Waals surface area contributed by atoms with Crippen molar-refractivity contribution in [2.24, 2.45) is 5.92 Å². The predicted octanol–water partition coefficient (Wildman–Crippen LogP) is 5.59. The smallest absolute Gasteiger partial charge is 0.307 e. The molecule has 0 bridgehead atoms. The fourth-order valence-corrected chi connectivity index (χ4v) is 5.76. The van der Waals surface area contributed by atoms with Gasteiger partial charge in [-0.2, -0.15) is 0 Å². The van der Waals surface area contributed by atoms with Crippen LogP contribution in [0.1, 0.15) is 36.4 Å². The van der Waals surface area contributed by atoms with Crippen LogP contribution in [0.15, 0.2) is 47.9 Å². The molecule has 1 fully saturated rings. The fourth-order valence-electron chi connectivity index (χ4n) is 4.32. The van der Waals surface area contributed by atoms with Crippen molar-refractivity contribution in [3.63, 3.8) is 0 Å². The minimum atomic E-state index is -0.583. The zero-order chi connectivity index (χ0) is 26.5. The summed E-state index contributed by atoms with van der Waals surface area (Å²) in [5.41, 5.74) is 1.36. The zero-order valence-electron chi connectivity index (χ0n) is 20.1. The third-order valence-corrected chi connectivity index (χ3v) is 8.39. The van der Waals surface area contributed by atoms with E-state index in [1.54, 1.807) is 23.1 Å². The van der Waals surface area contributed by atoms with Gasteiger partial charge in [0, 0.05) is 25.1 Å². The molecule has 2 N–H and O–H groups in total. The number of aromatic hydroxyl groups is 1. The highest BCUT2D eigenvalue weighted by molar-refractivity contribution is 7.18. The second kappa shape index (κ2) is 12.0. The van der Waals surface area contributed by atoms with Crippen molar-refractivity contribution in [3.8, 4) is 5.75 Å². The van der Waals surface area contributed by atoms with Crippen molar-refractivity contribution in [3.05, 3.63) is 69.0 Å². The summed E-state index contributed by atoms with van der Waals surface area (Å²) in [5.74, 6) is -1.00. The number of hydrogen-bond acceptors (Lipinski definition) is 6. The van der Waals surface area contributed by atoms with Gasteiger partial charge in [0.25, 0.3) is 0 Å². The largest absolute Gasteiger partial charge is 0.508 e. The Hall–Kier alpha value is -3.07. The second-order valence-corrected chi connectivity index (χ2v) is 10.5. The first kappa shape index (κ1) is 27.0. The molecule has 1 atom stereocenters. The Morgan fingerprint density at radius 1 is 1.16 bits per heavy atom. The van der Waals surface area contributed by atoms with Crippen LogP contribution in [0.5, 0.6) is 5.75 Å². The van der Waals surface area contributed by atoms with Crippen LogP contribution in [0, 0.1) is 5.92 Å². The van der Waals surface area contributed by atoms with Crippen LogP contribution in [0.4, 0.5) is 0 Å². The number of hydrogen-bond donors (Lipinski definition) is 2. The molecule has 0 aliphatic carbocycles. The number of methoxy groups -OCH3 is 1. The molecule has 194 valence electrons. The van der Waals surface area contributed by atoms with Crippen molar-refractivity contribution in [1.29, 1.82) is 0 Å². The average molecular weight is 561 g/mol. The first-order valence-corrected chi connectivity index (χ1v) is 13.4. The summed E-state index contributed by atoms with van der Waals surface area (Å²) in [6, 6.07) is 9.60. The molecule has 1 aliphatic rings. The molecule has 4 rings (SSSR count). The molecular weight excluding hydrogens is 535 g/mol. The molecule has 3 aromatic rings. The number of carbonyl (C=O) groups is 3. The Morgan fingerprint density at radius 2 is 1.86 bits per heavy atom. The summed E-state index contributed by atoms with van der Waals surface area (Å²) in [5, 5.41) is 16.3. The third-order valence-electron chi connectivity index (χ3n) is 6.45. The van der Waals surface area contributed by atoms with Crippen LogP contribution in [0.2, 0.25) is 10.0 Å². The van der Waals surface area contributed by atoms with Gasteiger partial charge in [0.15, 0.2) is 0 Å². The van der Waals surface area contributed by atoms with Crippen molar-refractivity contribution >= 4 is 68.5 Å². The monoisotopic (exact) mass is 560 g/mol. The molecule has 1 aromatic heterocycles. The highest BCUT2D eigenvalue weighted by Gasteiger charge is 2.29. The van der Waals surface area contributed by atoms with Crippen molar-refractivity contribution in [1.82, 2.24) is 10.2 Å². The number of carbonyl (C=O) groups excluding carboxylic acids is 3. The number of nitrogens with one attached hydrogen (secondary N) is 1. The van der Waals surface area contributed by atoms with Gasteiger partial charge in [-0.25, -0.2) is 0 Å². The molecule has 0 saturated carbocycles. The van der Waals surface area contributed by atoms with E-state index in [2.05, 4.69) is 5.32 Å². The zero-order valence-corrected chi connectivity index (χ0v) is 22.4. The first-order valence-electron chi connectivity index (χ1n) is 11.7. The lowest BCUT2D eigenvalue weighted by Crippen LogP contribution is -2.43. The predicted molar refractivity (Wildman–Crippen MR) is 146 cm³/mol. The molecule has 2 amide bonds. The molecule has 37 heavy (non-hydrogen) atoms. The lowest BCUT2D eigenvalue weighted by Gasteiger charge is -2.31. The summed E-state index contributed by atoms with van der Waals surface area (Å²) < 4.78 is 5.69. The molecule has 2 aromatic carbocycles. The minimum absolute atomic E-state index is 0.0289. The standard InChI is InChI=1S/C27H26Cl2N2O5S/c1-36-23(34)15-21(16-2-5-20(32)6-3-16)30-27(35)17-8-11-31(12-9-17)22(33)7-4-18-14-19-10-13-37-26(19)25(29)24(18)28/h2-7,10,13-14,17,21,32H,8-9,11-12,15H2,1H3,(H,30,35). The third kappa shape index (κ3) is 6.44. The average Bonchev–Trinajstić information content (AvgIpc) is 3.38. The summed E-state index contributed by atoms with van der Waals surface area (Å²) in [7, 11) is 1.29. The summed E-state index contributed by atoms with van der Waals surface area (Å²) in [4.78, 5) is 39.4. The van der Waals surface area contributed by atoms with E-state index in [-0.39, 0.29) is 29.9 Å². The Bertz CT molecular complexity index is 1330. The Labute approximate surface area is 228 Å². The molecular formula is C27H26Cl2N2O5S. The number of amides is 2. The molecule has 1 aliphatic heterocycles. The van der Waals surface area contributed by atoms with E-state index >= 15 is 0 Å². The van der Waals surface area contributed by atoms with Crippen molar-refractivity contribution in [2.75, 3.05) is 20.2 Å². The molecule has 1 saturated heterocycles. The van der Waals surface area contributed by atoms with Gasteiger partial charge in [-0.1, -0.05) is 35.3 Å². The molecule has 10 heteroatoms. The number of thiophene rings is 1. The maximum atomic E-state index is 13.0. The Kier molecular flexibility index (Phi) is 8.74. The van der Waals surface area contributed by atoms with Crippen molar-refractivity contribution in [2.45, 2.75) is 25.3 Å². The number of phenolic OH excluding ortho intramolecular Hbond substituents is 1. The van der Waals surface area contributed by atoms with Gasteiger partial charge in [-0.15, -0.1) is 11.3 Å². The van der Waals surface area contributed by atoms with E-state index in [0.29, 0.717) is 47.1 Å². The summed E-state index contributed by atoms with van der Waals surface area (Å²) >= 11 is 14.3. The summed E-state index contributed by atoms with van der Waals surface area (Å²) in [6.45, 7) is 0.861. The van der Waals surface area contributed by atoms with E-state index < -0.39 is 12.0 Å². The molecule has 2 heterocycles. The lowest BCUT2D eigenvalue weighted by atomic mass is 9.94. The van der Waals surface area contributed by atoms with E-state index in [1.807, 2.05) is 17.5 Å². The van der Waals surface area contributed by atoms with E-state index in [0.717, 1.165) is 10.1 Å². The number of likely N-dealkylation sites (tertiary alicyclic amines) is 1. The normalized spacial score (nSPS) is 15.2. The van der Waals surface area contributed by atoms with Crippen LogP contribution in [-0.4, -0.2) is 48.0 Å². The van der Waals surface area contributed by atoms with E-state index in [1.165, 1.54) is 36.7 Å². The highest BCUT2D eigenvalue weighted by Crippen LogP contribution is 2.37. The van der Waals surface area contributed by atoms with Gasteiger partial charge >= 0.3 is 5.97 Å². The number of rotatable bonds is 7. The Morgan fingerprint density at radius 3 is 2.54 bits per heavy atom. The van der Waals surface area contributed by atoms with Crippen LogP contribution in [0.25, 0.3) is 16.2 Å². The van der Waals surface area contributed by atoms with Crippen LogP contribution in [-0.2, 0) is 19.1 Å². The number of esters is 1. The van der Waals surface area contributed by atoms with Crippen molar-refractivity contribution < 1.29 is 24.2 Å². The van der Waals surface area contributed by atoms with Crippen LogP contribution >= 0.6 is 34.5 Å². The number of ether oxygens (including phenoxy) is 1. The van der Waals surface area contributed by atoms with Gasteiger partial charge in [0.2, 0.25) is 11.8 Å². The Balaban J connectivity index is 1.35. The van der Waals surface area contributed by atoms with E-state index in [4.69, 9.17) is 27.9 Å². The van der Waals surface area contributed by atoms with E-state index in [9.17, 15) is 19.5 Å². The highest BCUT2D eigenvalue weighted by atomic mass is 35.5. The second-order valence-electron chi connectivity index (χ2n) is 8.80. The quantitative estimate of drug-likeness (QED) is 0.290. The van der Waals surface area contributed by atoms with Gasteiger partial charge in [-0.3, -0.25) is 14.4 Å². The number of nitrogens with zero attached hydrogens (tertiary/aromatic N) is 1.